The Morgan fingerprint density at radius 2 is 1.87 bits per heavy atom. The molecule has 3 aromatic heterocycles. The molecular weight excluding hydrogens is 412 g/mol. The van der Waals surface area contributed by atoms with Gasteiger partial charge in [-0.1, -0.05) is 36.4 Å². The second kappa shape index (κ2) is 8.43. The summed E-state index contributed by atoms with van der Waals surface area (Å²) < 4.78 is 0. The SMILES string of the molecule is C[C@@H](c1nc2scc(-c3ccccc3)c2c(=O)[nH]1)N1CCN(Cc2cccs2)CC1. The van der Waals surface area contributed by atoms with E-state index in [0.717, 1.165) is 54.5 Å². The van der Waals surface area contributed by atoms with Gasteiger partial charge in [0.05, 0.1) is 11.4 Å². The van der Waals surface area contributed by atoms with Crippen molar-refractivity contribution >= 4 is 32.9 Å². The number of thiophene rings is 2. The first-order valence-electron chi connectivity index (χ1n) is 10.2. The highest BCUT2D eigenvalue weighted by Crippen LogP contribution is 2.31. The predicted molar refractivity (Wildman–Crippen MR) is 125 cm³/mol. The Labute approximate surface area is 183 Å². The first kappa shape index (κ1) is 19.6. The molecule has 1 aromatic carbocycles. The number of H-pyrrole nitrogens is 1. The first-order valence-corrected chi connectivity index (χ1v) is 12.0. The van der Waals surface area contributed by atoms with Gasteiger partial charge in [-0.3, -0.25) is 14.6 Å². The van der Waals surface area contributed by atoms with E-state index in [0.29, 0.717) is 5.39 Å². The molecule has 0 radical (unpaired) electrons. The van der Waals surface area contributed by atoms with E-state index in [-0.39, 0.29) is 11.6 Å². The molecule has 7 heteroatoms. The van der Waals surface area contributed by atoms with Crippen LogP contribution in [0.25, 0.3) is 21.3 Å². The number of nitrogens with zero attached hydrogens (tertiary/aromatic N) is 3. The van der Waals surface area contributed by atoms with Crippen LogP contribution in [0.2, 0.25) is 0 Å². The fourth-order valence-electron chi connectivity index (χ4n) is 4.10. The lowest BCUT2D eigenvalue weighted by Crippen LogP contribution is -2.47. The van der Waals surface area contributed by atoms with Gasteiger partial charge in [0, 0.05) is 48.5 Å². The summed E-state index contributed by atoms with van der Waals surface area (Å²) in [6.07, 6.45) is 0. The maximum Gasteiger partial charge on any atom is 0.260 e. The summed E-state index contributed by atoms with van der Waals surface area (Å²) in [5.74, 6) is 0.765. The Morgan fingerprint density at radius 1 is 1.07 bits per heavy atom. The van der Waals surface area contributed by atoms with Gasteiger partial charge >= 0.3 is 0 Å². The zero-order valence-corrected chi connectivity index (χ0v) is 18.5. The van der Waals surface area contributed by atoms with Crippen molar-refractivity contribution in [2.45, 2.75) is 19.5 Å². The largest absolute Gasteiger partial charge is 0.309 e. The monoisotopic (exact) mass is 436 g/mol. The Morgan fingerprint density at radius 3 is 2.60 bits per heavy atom. The molecule has 4 aromatic rings. The lowest BCUT2D eigenvalue weighted by atomic mass is 10.1. The molecule has 0 aliphatic carbocycles. The molecule has 1 atom stereocenters. The number of fused-ring (bicyclic) bond motifs is 1. The summed E-state index contributed by atoms with van der Waals surface area (Å²) in [5, 5.41) is 4.88. The molecule has 5 rings (SSSR count). The maximum atomic E-state index is 13.0. The van der Waals surface area contributed by atoms with Crippen LogP contribution < -0.4 is 5.56 Å². The van der Waals surface area contributed by atoms with Gasteiger partial charge in [-0.05, 0) is 23.9 Å². The van der Waals surface area contributed by atoms with Crippen LogP contribution in [0.15, 0.2) is 58.0 Å². The molecule has 0 amide bonds. The van der Waals surface area contributed by atoms with Crippen molar-refractivity contribution in [1.29, 1.82) is 0 Å². The second-order valence-electron chi connectivity index (χ2n) is 7.71. The summed E-state index contributed by atoms with van der Waals surface area (Å²) in [4.78, 5) is 28.0. The van der Waals surface area contributed by atoms with Crippen LogP contribution in [-0.4, -0.2) is 45.9 Å². The minimum Gasteiger partial charge on any atom is -0.309 e. The topological polar surface area (TPSA) is 52.2 Å². The normalized spacial score (nSPS) is 16.8. The average Bonchev–Trinajstić information content (AvgIpc) is 3.44. The summed E-state index contributed by atoms with van der Waals surface area (Å²) >= 11 is 3.37. The minimum absolute atomic E-state index is 0.0433. The third-order valence-electron chi connectivity index (χ3n) is 5.86. The Hall–Kier alpha value is -2.32. The third kappa shape index (κ3) is 3.86. The molecule has 1 N–H and O–H groups in total. The second-order valence-corrected chi connectivity index (χ2v) is 9.60. The molecule has 154 valence electrons. The molecule has 0 spiro atoms. The Bertz CT molecular complexity index is 1180. The van der Waals surface area contributed by atoms with Crippen LogP contribution in [0.3, 0.4) is 0 Å². The lowest BCUT2D eigenvalue weighted by molar-refractivity contribution is 0.0954. The number of aromatic amines is 1. The van der Waals surface area contributed by atoms with Crippen LogP contribution in [0.1, 0.15) is 23.7 Å². The van der Waals surface area contributed by atoms with Gasteiger partial charge in [-0.2, -0.15) is 0 Å². The van der Waals surface area contributed by atoms with Crippen LogP contribution in [-0.2, 0) is 6.54 Å². The Kier molecular flexibility index (Phi) is 5.52. The van der Waals surface area contributed by atoms with Crippen molar-refractivity contribution in [3.05, 3.63) is 74.3 Å². The van der Waals surface area contributed by atoms with Crippen LogP contribution in [0.5, 0.6) is 0 Å². The van der Waals surface area contributed by atoms with Crippen molar-refractivity contribution < 1.29 is 0 Å². The van der Waals surface area contributed by atoms with Gasteiger partial charge in [0.2, 0.25) is 0 Å². The minimum atomic E-state index is -0.0433. The highest BCUT2D eigenvalue weighted by atomic mass is 32.1. The van der Waals surface area contributed by atoms with E-state index in [9.17, 15) is 4.79 Å². The van der Waals surface area contributed by atoms with Crippen LogP contribution in [0, 0.1) is 0 Å². The molecule has 4 heterocycles. The molecule has 0 bridgehead atoms. The molecule has 1 aliphatic rings. The fraction of sp³-hybridized carbons (Fsp3) is 0.304. The van der Waals surface area contributed by atoms with Gasteiger partial charge in [0.15, 0.2) is 0 Å². The standard InChI is InChI=1S/C23H24N4OS2/c1-16(27-11-9-26(10-12-27)14-18-8-5-13-29-18)21-24-22(28)20-19(15-30-23(20)25-21)17-6-3-2-4-7-17/h2-8,13,15-16H,9-12,14H2,1H3,(H,24,25,28)/t16-/m0/s1. The van der Waals surface area contributed by atoms with E-state index in [1.807, 2.05) is 47.0 Å². The van der Waals surface area contributed by atoms with Crippen molar-refractivity contribution in [2.75, 3.05) is 26.2 Å². The van der Waals surface area contributed by atoms with Crippen molar-refractivity contribution in [2.24, 2.45) is 0 Å². The van der Waals surface area contributed by atoms with E-state index in [1.165, 1.54) is 4.88 Å². The fourth-order valence-corrected chi connectivity index (χ4v) is 5.80. The average molecular weight is 437 g/mol. The number of aromatic nitrogens is 2. The van der Waals surface area contributed by atoms with Gasteiger partial charge in [0.25, 0.3) is 5.56 Å². The number of benzene rings is 1. The predicted octanol–water partition coefficient (Wildman–Crippen LogP) is 4.59. The molecule has 0 unspecified atom stereocenters. The molecule has 30 heavy (non-hydrogen) atoms. The van der Waals surface area contributed by atoms with E-state index >= 15 is 0 Å². The molecule has 1 aliphatic heterocycles. The molecule has 1 saturated heterocycles. The highest BCUT2D eigenvalue weighted by Gasteiger charge is 2.24. The molecule has 5 nitrogen and oxygen atoms in total. The van der Waals surface area contributed by atoms with Gasteiger partial charge < -0.3 is 4.98 Å². The molecule has 1 fully saturated rings. The van der Waals surface area contributed by atoms with Crippen LogP contribution >= 0.6 is 22.7 Å². The zero-order chi connectivity index (χ0) is 20.5. The number of rotatable bonds is 5. The highest BCUT2D eigenvalue weighted by molar-refractivity contribution is 7.17. The number of nitrogens with one attached hydrogen (secondary N) is 1. The summed E-state index contributed by atoms with van der Waals surface area (Å²) in [6, 6.07) is 14.5. The third-order valence-corrected chi connectivity index (χ3v) is 7.59. The van der Waals surface area contributed by atoms with Crippen molar-refractivity contribution in [3.63, 3.8) is 0 Å². The smallest absolute Gasteiger partial charge is 0.260 e. The van der Waals surface area contributed by atoms with Crippen molar-refractivity contribution in [1.82, 2.24) is 19.8 Å². The number of hydrogen-bond donors (Lipinski definition) is 1. The molecular formula is C23H24N4OS2. The van der Waals surface area contributed by atoms with Crippen LogP contribution in [0.4, 0.5) is 0 Å². The number of hydrogen-bond acceptors (Lipinski definition) is 6. The maximum absolute atomic E-state index is 13.0. The van der Waals surface area contributed by atoms with Crippen molar-refractivity contribution in [3.8, 4) is 11.1 Å². The van der Waals surface area contributed by atoms with E-state index in [1.54, 1.807) is 11.3 Å². The molecule has 0 saturated carbocycles. The van der Waals surface area contributed by atoms with Gasteiger partial charge in [0.1, 0.15) is 10.7 Å². The zero-order valence-electron chi connectivity index (χ0n) is 16.9. The summed E-state index contributed by atoms with van der Waals surface area (Å²) in [6.45, 7) is 7.20. The van der Waals surface area contributed by atoms with E-state index in [2.05, 4.69) is 39.2 Å². The Balaban J connectivity index is 1.33. The van der Waals surface area contributed by atoms with Gasteiger partial charge in [-0.15, -0.1) is 22.7 Å². The first-order chi connectivity index (χ1) is 14.7. The van der Waals surface area contributed by atoms with E-state index in [4.69, 9.17) is 4.98 Å². The summed E-state index contributed by atoms with van der Waals surface area (Å²) in [7, 11) is 0. The van der Waals surface area contributed by atoms with Gasteiger partial charge in [-0.25, -0.2) is 4.98 Å². The summed E-state index contributed by atoms with van der Waals surface area (Å²) in [5.41, 5.74) is 1.97. The number of piperazine rings is 1. The quantitative estimate of drug-likeness (QED) is 0.497. The lowest BCUT2D eigenvalue weighted by Gasteiger charge is -2.37. The van der Waals surface area contributed by atoms with E-state index < -0.39 is 0 Å².